The number of rotatable bonds is 6. The Labute approximate surface area is 163 Å². The number of carbonyl (C=O) groups is 2. The van der Waals surface area contributed by atoms with Crippen LogP contribution in [0.3, 0.4) is 0 Å². The second kappa shape index (κ2) is 8.57. The first-order valence-electron chi connectivity index (χ1n) is 9.08. The van der Waals surface area contributed by atoms with Gasteiger partial charge in [-0.1, -0.05) is 37.3 Å². The smallest absolute Gasteiger partial charge is 0.226 e. The van der Waals surface area contributed by atoms with Crippen molar-refractivity contribution in [3.63, 3.8) is 0 Å². The molecule has 0 saturated heterocycles. The molecule has 0 saturated carbocycles. The van der Waals surface area contributed by atoms with Crippen LogP contribution in [0, 0.1) is 5.82 Å². The first kappa shape index (κ1) is 19.4. The summed E-state index contributed by atoms with van der Waals surface area (Å²) in [5.41, 5.74) is 3.03. The summed E-state index contributed by atoms with van der Waals surface area (Å²) >= 11 is 0. The number of nitrogens with zero attached hydrogens (tertiary/aromatic N) is 2. The minimum Gasteiger partial charge on any atom is -0.315 e. The molecule has 0 aliphatic heterocycles. The fourth-order valence-corrected chi connectivity index (χ4v) is 2.95. The molecule has 0 aliphatic rings. The fraction of sp³-hybridized carbons (Fsp3) is 0.174. The number of anilines is 1. The number of halogens is 1. The van der Waals surface area contributed by atoms with Gasteiger partial charge >= 0.3 is 0 Å². The maximum Gasteiger partial charge on any atom is 0.226 e. The summed E-state index contributed by atoms with van der Waals surface area (Å²) in [7, 11) is 1.63. The van der Waals surface area contributed by atoms with Crippen LogP contribution in [0.4, 0.5) is 10.1 Å². The number of ketones is 1. The van der Waals surface area contributed by atoms with Crippen molar-refractivity contribution in [2.75, 3.05) is 11.9 Å². The van der Waals surface area contributed by atoms with Crippen LogP contribution in [0.25, 0.3) is 11.1 Å². The molecule has 4 nitrogen and oxygen atoms in total. The van der Waals surface area contributed by atoms with Gasteiger partial charge in [-0.15, -0.1) is 0 Å². The summed E-state index contributed by atoms with van der Waals surface area (Å²) in [5, 5.41) is 0. The third-order valence-corrected chi connectivity index (χ3v) is 4.62. The molecule has 0 fully saturated rings. The van der Waals surface area contributed by atoms with Crippen molar-refractivity contribution in [2.45, 2.75) is 19.8 Å². The highest BCUT2D eigenvalue weighted by Crippen LogP contribution is 2.27. The lowest BCUT2D eigenvalue weighted by atomic mass is 9.99. The number of pyridine rings is 1. The predicted octanol–water partition coefficient (Wildman–Crippen LogP) is 4.69. The molecule has 1 aromatic heterocycles. The summed E-state index contributed by atoms with van der Waals surface area (Å²) in [6, 6.07) is 15.2. The van der Waals surface area contributed by atoms with Crippen LogP contribution in [0.5, 0.6) is 0 Å². The normalized spacial score (nSPS) is 10.5. The predicted molar refractivity (Wildman–Crippen MR) is 108 cm³/mol. The van der Waals surface area contributed by atoms with Crippen LogP contribution in [0.1, 0.15) is 29.3 Å². The Morgan fingerprint density at radius 3 is 2.43 bits per heavy atom. The summed E-state index contributed by atoms with van der Waals surface area (Å²) in [5.74, 6) is -0.513. The van der Waals surface area contributed by atoms with Gasteiger partial charge in [0.1, 0.15) is 5.82 Å². The zero-order chi connectivity index (χ0) is 20.1. The third kappa shape index (κ3) is 4.31. The average Bonchev–Trinajstić information content (AvgIpc) is 2.73. The summed E-state index contributed by atoms with van der Waals surface area (Å²) in [6.45, 7) is 1.76. The summed E-state index contributed by atoms with van der Waals surface area (Å²) in [4.78, 5) is 29.6. The van der Waals surface area contributed by atoms with E-state index >= 15 is 0 Å². The molecule has 0 bridgehead atoms. The third-order valence-electron chi connectivity index (χ3n) is 4.62. The molecule has 1 amide bonds. The van der Waals surface area contributed by atoms with Gasteiger partial charge in [-0.3, -0.25) is 14.6 Å². The van der Waals surface area contributed by atoms with Gasteiger partial charge < -0.3 is 4.90 Å². The Kier molecular flexibility index (Phi) is 5.94. The van der Waals surface area contributed by atoms with Crippen LogP contribution >= 0.6 is 0 Å². The Balaban J connectivity index is 1.78. The molecule has 0 unspecified atom stereocenters. The van der Waals surface area contributed by atoms with Crippen molar-refractivity contribution < 1.29 is 14.0 Å². The van der Waals surface area contributed by atoms with Gasteiger partial charge in [0.05, 0.1) is 0 Å². The second-order valence-corrected chi connectivity index (χ2v) is 6.51. The van der Waals surface area contributed by atoms with Crippen LogP contribution in [0.15, 0.2) is 67.0 Å². The van der Waals surface area contributed by atoms with Gasteiger partial charge in [-0.25, -0.2) is 4.39 Å². The average molecular weight is 376 g/mol. The molecule has 5 heteroatoms. The highest BCUT2D eigenvalue weighted by Gasteiger charge is 2.13. The Morgan fingerprint density at radius 2 is 1.82 bits per heavy atom. The number of carbonyl (C=O) groups excluding carboxylic acids is 2. The molecule has 0 aliphatic carbocycles. The van der Waals surface area contributed by atoms with Crippen molar-refractivity contribution in [1.29, 1.82) is 0 Å². The largest absolute Gasteiger partial charge is 0.315 e. The van der Waals surface area contributed by atoms with E-state index in [-0.39, 0.29) is 18.1 Å². The first-order valence-corrected chi connectivity index (χ1v) is 9.08. The minimum absolute atomic E-state index is 0.0185. The van der Waals surface area contributed by atoms with Gasteiger partial charge in [0.15, 0.2) is 5.78 Å². The van der Waals surface area contributed by atoms with Gasteiger partial charge in [-0.05, 0) is 35.4 Å². The highest BCUT2D eigenvalue weighted by atomic mass is 19.1. The van der Waals surface area contributed by atoms with Gasteiger partial charge in [-0.2, -0.15) is 0 Å². The van der Waals surface area contributed by atoms with Crippen LogP contribution in [-0.2, 0) is 11.2 Å². The summed E-state index contributed by atoms with van der Waals surface area (Å²) in [6.07, 6.45) is 3.96. The van der Waals surface area contributed by atoms with E-state index in [9.17, 15) is 14.0 Å². The molecule has 3 rings (SSSR count). The van der Waals surface area contributed by atoms with E-state index in [0.717, 1.165) is 5.56 Å². The van der Waals surface area contributed by atoms with Gasteiger partial charge in [0, 0.05) is 49.1 Å². The van der Waals surface area contributed by atoms with Crippen LogP contribution < -0.4 is 4.90 Å². The lowest BCUT2D eigenvalue weighted by Crippen LogP contribution is -2.25. The highest BCUT2D eigenvalue weighted by molar-refractivity contribution is 5.98. The number of hydrogen-bond acceptors (Lipinski definition) is 3. The van der Waals surface area contributed by atoms with E-state index in [1.807, 2.05) is 6.07 Å². The van der Waals surface area contributed by atoms with E-state index < -0.39 is 5.82 Å². The molecule has 28 heavy (non-hydrogen) atoms. The zero-order valence-electron chi connectivity index (χ0n) is 15.9. The second-order valence-electron chi connectivity index (χ2n) is 6.51. The van der Waals surface area contributed by atoms with Crippen molar-refractivity contribution in [3.05, 3.63) is 83.9 Å². The van der Waals surface area contributed by atoms with E-state index in [4.69, 9.17) is 0 Å². The summed E-state index contributed by atoms with van der Waals surface area (Å²) < 4.78 is 14.6. The molecule has 1 heterocycles. The standard InChI is InChI=1S/C23H21FN2O2/c1-3-23(28)26(2)19-10-11-20(21(24)14-19)17-6-8-18(9-7-17)22(27)13-16-5-4-12-25-15-16/h4-12,14-15H,3,13H2,1-2H3. The molecular weight excluding hydrogens is 355 g/mol. The number of aromatic nitrogens is 1. The SMILES string of the molecule is CCC(=O)N(C)c1ccc(-c2ccc(C(=O)Cc3cccnc3)cc2)c(F)c1. The Morgan fingerprint density at radius 1 is 1.07 bits per heavy atom. The van der Waals surface area contributed by atoms with Crippen molar-refractivity contribution in [2.24, 2.45) is 0 Å². The molecule has 142 valence electrons. The lowest BCUT2D eigenvalue weighted by Gasteiger charge is -2.17. The fourth-order valence-electron chi connectivity index (χ4n) is 2.95. The van der Waals surface area contributed by atoms with Crippen molar-refractivity contribution in [3.8, 4) is 11.1 Å². The van der Waals surface area contributed by atoms with Crippen LogP contribution in [-0.4, -0.2) is 23.7 Å². The molecular formula is C23H21FN2O2. The maximum atomic E-state index is 14.6. The number of Topliss-reactive ketones (excluding diaryl/α,β-unsaturated/α-hetero) is 1. The van der Waals surface area contributed by atoms with E-state index in [0.29, 0.717) is 28.8 Å². The molecule has 3 aromatic rings. The topological polar surface area (TPSA) is 50.3 Å². The van der Waals surface area contributed by atoms with Gasteiger partial charge in [0.2, 0.25) is 5.91 Å². The molecule has 0 atom stereocenters. The Hall–Kier alpha value is -3.34. The maximum absolute atomic E-state index is 14.6. The lowest BCUT2D eigenvalue weighted by molar-refractivity contribution is -0.118. The number of amides is 1. The molecule has 0 N–H and O–H groups in total. The first-order chi connectivity index (χ1) is 13.5. The molecule has 2 aromatic carbocycles. The zero-order valence-corrected chi connectivity index (χ0v) is 15.9. The monoisotopic (exact) mass is 376 g/mol. The van der Waals surface area contributed by atoms with Crippen LogP contribution in [0.2, 0.25) is 0 Å². The van der Waals surface area contributed by atoms with Gasteiger partial charge in [0.25, 0.3) is 0 Å². The van der Waals surface area contributed by atoms with Crippen molar-refractivity contribution >= 4 is 17.4 Å². The molecule has 0 radical (unpaired) electrons. The number of benzene rings is 2. The molecule has 0 spiro atoms. The van der Waals surface area contributed by atoms with E-state index in [2.05, 4.69) is 4.98 Å². The van der Waals surface area contributed by atoms with E-state index in [1.54, 1.807) is 68.8 Å². The minimum atomic E-state index is -0.414. The van der Waals surface area contributed by atoms with E-state index in [1.165, 1.54) is 11.0 Å². The quantitative estimate of drug-likeness (QED) is 0.587. The Bertz CT molecular complexity index is 985. The number of hydrogen-bond donors (Lipinski definition) is 0. The van der Waals surface area contributed by atoms with Crippen molar-refractivity contribution in [1.82, 2.24) is 4.98 Å².